The predicted molar refractivity (Wildman–Crippen MR) is 85.7 cm³/mol. The molecule has 0 spiro atoms. The van der Waals surface area contributed by atoms with E-state index in [1.165, 1.54) is 0 Å². The Labute approximate surface area is 159 Å². The molecule has 1 N–H and O–H groups in total. The van der Waals surface area contributed by atoms with Crippen molar-refractivity contribution in [2.45, 2.75) is 64.8 Å². The van der Waals surface area contributed by atoms with E-state index in [0.29, 0.717) is 0 Å². The van der Waals surface area contributed by atoms with Gasteiger partial charge in [-0.2, -0.15) is 0 Å². The number of carboxylic acid groups (broad SMARTS) is 1. The zero-order valence-corrected chi connectivity index (χ0v) is 16.0. The van der Waals surface area contributed by atoms with Crippen molar-refractivity contribution in [2.24, 2.45) is 0 Å². The Bertz CT molecular complexity index is 644. The normalized spacial score (nSPS) is 29.2. The van der Waals surface area contributed by atoms with Crippen molar-refractivity contribution < 1.29 is 57.5 Å². The van der Waals surface area contributed by atoms with Gasteiger partial charge in [-0.05, 0) is 0 Å². The molecule has 0 aliphatic carbocycles. The van der Waals surface area contributed by atoms with Crippen molar-refractivity contribution in [2.75, 3.05) is 6.61 Å². The summed E-state index contributed by atoms with van der Waals surface area (Å²) in [5.74, 6) is -5.38. The monoisotopic (exact) mass is 406 g/mol. The molecule has 1 rings (SSSR count). The van der Waals surface area contributed by atoms with Crippen LogP contribution in [0.25, 0.3) is 0 Å². The van der Waals surface area contributed by atoms with Crippen LogP contribution in [0.1, 0.15) is 34.6 Å². The summed E-state index contributed by atoms with van der Waals surface area (Å²) >= 11 is 0. The van der Waals surface area contributed by atoms with Crippen molar-refractivity contribution in [3.05, 3.63) is 0 Å². The van der Waals surface area contributed by atoms with E-state index >= 15 is 0 Å². The molecule has 1 saturated heterocycles. The minimum Gasteiger partial charge on any atom is -0.463 e. The SMILES string of the molecule is CC(=O)OC[C@H]1OC(C)(OC(=O)O)[C@H](OC(C)=O)[C@@H](OC(C)=O)[C@@H]1OC(C)=O. The fourth-order valence-corrected chi connectivity index (χ4v) is 2.71. The molecule has 28 heavy (non-hydrogen) atoms. The van der Waals surface area contributed by atoms with Gasteiger partial charge in [-0.3, -0.25) is 19.2 Å². The molecule has 0 amide bonds. The number of hydrogen-bond donors (Lipinski definition) is 1. The maximum atomic E-state index is 11.6. The Morgan fingerprint density at radius 3 is 1.79 bits per heavy atom. The van der Waals surface area contributed by atoms with Crippen LogP contribution in [-0.4, -0.2) is 71.9 Å². The van der Waals surface area contributed by atoms with Gasteiger partial charge >= 0.3 is 30.0 Å². The molecule has 0 radical (unpaired) electrons. The fourth-order valence-electron chi connectivity index (χ4n) is 2.71. The largest absolute Gasteiger partial charge is 0.508 e. The lowest BCUT2D eigenvalue weighted by molar-refractivity contribution is -0.344. The van der Waals surface area contributed by atoms with Crippen LogP contribution in [0.4, 0.5) is 4.79 Å². The van der Waals surface area contributed by atoms with E-state index in [4.69, 9.17) is 33.5 Å². The molecule has 1 fully saturated rings. The van der Waals surface area contributed by atoms with Gasteiger partial charge in [-0.15, -0.1) is 0 Å². The van der Waals surface area contributed by atoms with Gasteiger partial charge in [0.2, 0.25) is 6.10 Å². The van der Waals surface area contributed by atoms with E-state index in [-0.39, 0.29) is 0 Å². The zero-order chi connectivity index (χ0) is 21.6. The Kier molecular flexibility index (Phi) is 7.73. The van der Waals surface area contributed by atoms with E-state index in [1.807, 2.05) is 0 Å². The van der Waals surface area contributed by atoms with E-state index in [2.05, 4.69) is 0 Å². The first kappa shape index (κ1) is 23.1. The molecule has 0 bridgehead atoms. The number of ether oxygens (including phenoxy) is 6. The van der Waals surface area contributed by atoms with Crippen LogP contribution in [-0.2, 0) is 47.6 Å². The van der Waals surface area contributed by atoms with Crippen molar-refractivity contribution in [1.82, 2.24) is 0 Å². The number of carbonyl (C=O) groups excluding carboxylic acids is 4. The lowest BCUT2D eigenvalue weighted by atomic mass is 9.92. The molecule has 0 aromatic rings. The molecule has 5 atom stereocenters. The molecule has 1 unspecified atom stereocenters. The van der Waals surface area contributed by atoms with Crippen LogP contribution in [0, 0.1) is 0 Å². The molecule has 1 aliphatic rings. The van der Waals surface area contributed by atoms with Crippen LogP contribution in [0.2, 0.25) is 0 Å². The molecule has 0 aromatic heterocycles. The number of hydrogen-bond acceptors (Lipinski definition) is 11. The second-order valence-corrected chi connectivity index (χ2v) is 6.02. The van der Waals surface area contributed by atoms with Crippen LogP contribution < -0.4 is 0 Å². The highest BCUT2D eigenvalue weighted by atomic mass is 16.8. The van der Waals surface area contributed by atoms with E-state index in [1.54, 1.807) is 0 Å². The summed E-state index contributed by atoms with van der Waals surface area (Å²) in [6.07, 6.45) is -7.60. The third kappa shape index (κ3) is 6.37. The van der Waals surface area contributed by atoms with Crippen LogP contribution >= 0.6 is 0 Å². The maximum Gasteiger partial charge on any atom is 0.508 e. The number of carbonyl (C=O) groups is 5. The third-order valence-electron chi connectivity index (χ3n) is 3.53. The number of rotatable bonds is 6. The summed E-state index contributed by atoms with van der Waals surface area (Å²) in [4.78, 5) is 57.0. The Balaban J connectivity index is 3.43. The second-order valence-electron chi connectivity index (χ2n) is 6.02. The Hall–Kier alpha value is -2.89. The average Bonchev–Trinajstić information content (AvgIpc) is 2.50. The summed E-state index contributed by atoms with van der Waals surface area (Å²) in [7, 11) is 0. The van der Waals surface area contributed by atoms with Gasteiger partial charge in [-0.1, -0.05) is 0 Å². The lowest BCUT2D eigenvalue weighted by Crippen LogP contribution is -2.68. The standard InChI is InChI=1S/C16H22O12/c1-7(17)23-6-11-12(24-8(2)18)13(25-9(3)19)14(26-10(4)20)16(5,27-11)28-15(21)22/h11-14H,6H2,1-5H3,(H,21,22)/t11-,12-,13+,14-,16?/m1/s1. The summed E-state index contributed by atoms with van der Waals surface area (Å²) in [6, 6.07) is 0. The van der Waals surface area contributed by atoms with E-state index in [0.717, 1.165) is 34.6 Å². The lowest BCUT2D eigenvalue weighted by Gasteiger charge is -2.48. The van der Waals surface area contributed by atoms with Gasteiger partial charge in [0.25, 0.3) is 5.79 Å². The Morgan fingerprint density at radius 1 is 0.857 bits per heavy atom. The minimum atomic E-state index is -2.17. The molecule has 1 heterocycles. The van der Waals surface area contributed by atoms with Crippen molar-refractivity contribution in [1.29, 1.82) is 0 Å². The molecular weight excluding hydrogens is 384 g/mol. The van der Waals surface area contributed by atoms with Gasteiger partial charge in [0.05, 0.1) is 0 Å². The summed E-state index contributed by atoms with van der Waals surface area (Å²) < 4.78 is 30.5. The van der Waals surface area contributed by atoms with Crippen LogP contribution in [0.3, 0.4) is 0 Å². The average molecular weight is 406 g/mol. The van der Waals surface area contributed by atoms with Gasteiger partial charge in [-0.25, -0.2) is 4.79 Å². The Morgan fingerprint density at radius 2 is 1.36 bits per heavy atom. The first-order valence-electron chi connectivity index (χ1n) is 8.10. The highest BCUT2D eigenvalue weighted by molar-refractivity contribution is 5.69. The summed E-state index contributed by atoms with van der Waals surface area (Å²) in [5, 5.41) is 9.05. The summed E-state index contributed by atoms with van der Waals surface area (Å²) in [6.45, 7) is 4.88. The molecule has 158 valence electrons. The highest BCUT2D eigenvalue weighted by Gasteiger charge is 2.60. The van der Waals surface area contributed by atoms with Crippen molar-refractivity contribution in [3.63, 3.8) is 0 Å². The summed E-state index contributed by atoms with van der Waals surface area (Å²) in [5.41, 5.74) is 0. The molecule has 1 aliphatic heterocycles. The molecule has 12 heteroatoms. The number of esters is 4. The topological polar surface area (TPSA) is 161 Å². The molecular formula is C16H22O12. The highest BCUT2D eigenvalue weighted by Crippen LogP contribution is 2.36. The van der Waals surface area contributed by atoms with Gasteiger partial charge < -0.3 is 33.5 Å². The van der Waals surface area contributed by atoms with Crippen molar-refractivity contribution >= 4 is 30.0 Å². The predicted octanol–water partition coefficient (Wildman–Crippen LogP) is 0.154. The van der Waals surface area contributed by atoms with Gasteiger partial charge in [0.1, 0.15) is 12.7 Å². The smallest absolute Gasteiger partial charge is 0.463 e. The van der Waals surface area contributed by atoms with Gasteiger partial charge in [0.15, 0.2) is 12.2 Å². The first-order valence-corrected chi connectivity index (χ1v) is 8.10. The molecule has 0 saturated carbocycles. The molecule has 12 nitrogen and oxygen atoms in total. The van der Waals surface area contributed by atoms with E-state index < -0.39 is 66.8 Å². The zero-order valence-electron chi connectivity index (χ0n) is 16.0. The van der Waals surface area contributed by atoms with Crippen LogP contribution in [0.15, 0.2) is 0 Å². The maximum absolute atomic E-state index is 11.6. The quantitative estimate of drug-likeness (QED) is 0.470. The van der Waals surface area contributed by atoms with Crippen molar-refractivity contribution in [3.8, 4) is 0 Å². The van der Waals surface area contributed by atoms with Crippen LogP contribution in [0.5, 0.6) is 0 Å². The van der Waals surface area contributed by atoms with Gasteiger partial charge in [0, 0.05) is 34.6 Å². The first-order chi connectivity index (χ1) is 12.9. The minimum absolute atomic E-state index is 0.490. The second kappa shape index (κ2) is 9.35. The molecule has 0 aromatic carbocycles. The fraction of sp³-hybridized carbons (Fsp3) is 0.688. The third-order valence-corrected chi connectivity index (χ3v) is 3.53. The van der Waals surface area contributed by atoms with E-state index in [9.17, 15) is 24.0 Å².